The van der Waals surface area contributed by atoms with Gasteiger partial charge in [-0.15, -0.1) is 0 Å². The number of carbonyl (C=O) groups is 1. The summed E-state index contributed by atoms with van der Waals surface area (Å²) in [5.74, 6) is 2.64. The minimum Gasteiger partial charge on any atom is -0.374 e. The molecule has 4 heterocycles. The van der Waals surface area contributed by atoms with Crippen molar-refractivity contribution < 1.29 is 9.53 Å². The third kappa shape index (κ3) is 3.63. The Bertz CT molecular complexity index is 777. The van der Waals surface area contributed by atoms with Crippen LogP contribution in [0.25, 0.3) is 0 Å². The van der Waals surface area contributed by atoms with Crippen molar-refractivity contribution in [3.05, 3.63) is 35.4 Å². The molecular weight excluding hydrogens is 364 g/mol. The Morgan fingerprint density at radius 1 is 1.17 bits per heavy atom. The molecule has 1 aromatic carbocycles. The molecule has 5 rings (SSSR count). The van der Waals surface area contributed by atoms with Gasteiger partial charge in [0.1, 0.15) is 0 Å². The van der Waals surface area contributed by atoms with Gasteiger partial charge in [0.15, 0.2) is 5.96 Å². The van der Waals surface area contributed by atoms with Crippen molar-refractivity contribution in [2.45, 2.75) is 57.9 Å². The van der Waals surface area contributed by atoms with E-state index in [1.54, 1.807) is 0 Å². The summed E-state index contributed by atoms with van der Waals surface area (Å²) in [7, 11) is 0. The fourth-order valence-corrected chi connectivity index (χ4v) is 5.66. The number of hydrogen-bond donors (Lipinski definition) is 1. The number of nitrogens with zero attached hydrogens (tertiary/aromatic N) is 3. The van der Waals surface area contributed by atoms with Crippen molar-refractivity contribution in [1.29, 1.82) is 0 Å². The highest BCUT2D eigenvalue weighted by atomic mass is 16.5. The second-order valence-electron chi connectivity index (χ2n) is 8.88. The van der Waals surface area contributed by atoms with E-state index in [0.29, 0.717) is 43.6 Å². The molecule has 1 amide bonds. The van der Waals surface area contributed by atoms with Gasteiger partial charge < -0.3 is 19.9 Å². The number of amides is 1. The molecular formula is C23H32N4O2. The van der Waals surface area contributed by atoms with E-state index in [2.05, 4.69) is 41.4 Å². The molecule has 156 valence electrons. The second kappa shape index (κ2) is 7.98. The summed E-state index contributed by atoms with van der Waals surface area (Å²) >= 11 is 0. The Morgan fingerprint density at radius 3 is 2.55 bits per heavy atom. The van der Waals surface area contributed by atoms with E-state index in [9.17, 15) is 4.79 Å². The summed E-state index contributed by atoms with van der Waals surface area (Å²) in [5, 5.41) is 3.50. The molecule has 4 fully saturated rings. The Balaban J connectivity index is 1.29. The predicted molar refractivity (Wildman–Crippen MR) is 112 cm³/mol. The number of aliphatic imine (C=N–C) groups is 1. The van der Waals surface area contributed by atoms with Gasteiger partial charge in [0.25, 0.3) is 0 Å². The lowest BCUT2D eigenvalue weighted by atomic mass is 9.82. The lowest BCUT2D eigenvalue weighted by Gasteiger charge is -2.23. The molecule has 0 aliphatic carbocycles. The van der Waals surface area contributed by atoms with Crippen LogP contribution in [-0.2, 0) is 22.6 Å². The monoisotopic (exact) mass is 396 g/mol. The van der Waals surface area contributed by atoms with Crippen LogP contribution in [0.2, 0.25) is 0 Å². The smallest absolute Gasteiger partial charge is 0.222 e. The summed E-state index contributed by atoms with van der Waals surface area (Å²) in [4.78, 5) is 21.5. The van der Waals surface area contributed by atoms with Crippen LogP contribution in [0.1, 0.15) is 43.7 Å². The molecule has 4 saturated heterocycles. The molecule has 1 N–H and O–H groups in total. The number of benzene rings is 1. The molecule has 6 nitrogen and oxygen atoms in total. The number of rotatable bonds is 5. The zero-order valence-corrected chi connectivity index (χ0v) is 17.3. The number of nitrogens with one attached hydrogen (secondary N) is 1. The lowest BCUT2D eigenvalue weighted by Crippen LogP contribution is -2.41. The van der Waals surface area contributed by atoms with Crippen LogP contribution < -0.4 is 5.32 Å². The third-order valence-electron chi connectivity index (χ3n) is 7.14. The van der Waals surface area contributed by atoms with E-state index in [0.717, 1.165) is 38.6 Å². The molecule has 0 saturated carbocycles. The molecule has 0 aromatic heterocycles. The van der Waals surface area contributed by atoms with Crippen molar-refractivity contribution in [2.75, 3.05) is 26.2 Å². The first kappa shape index (κ1) is 18.9. The van der Waals surface area contributed by atoms with Gasteiger partial charge in [-0.3, -0.25) is 4.79 Å². The minimum atomic E-state index is 0.275. The normalized spacial score (nSPS) is 31.1. The van der Waals surface area contributed by atoms with Gasteiger partial charge in [-0.1, -0.05) is 24.3 Å². The summed E-state index contributed by atoms with van der Waals surface area (Å²) < 4.78 is 6.13. The predicted octanol–water partition coefficient (Wildman–Crippen LogP) is 2.38. The van der Waals surface area contributed by atoms with E-state index in [1.165, 1.54) is 24.0 Å². The van der Waals surface area contributed by atoms with Gasteiger partial charge >= 0.3 is 0 Å². The van der Waals surface area contributed by atoms with Crippen LogP contribution in [0.5, 0.6) is 0 Å². The van der Waals surface area contributed by atoms with E-state index in [-0.39, 0.29) is 5.91 Å². The Morgan fingerprint density at radius 2 is 1.90 bits per heavy atom. The second-order valence-corrected chi connectivity index (χ2v) is 8.88. The highest BCUT2D eigenvalue weighted by Crippen LogP contribution is 2.47. The van der Waals surface area contributed by atoms with Crippen LogP contribution in [0.3, 0.4) is 0 Å². The third-order valence-corrected chi connectivity index (χ3v) is 7.14. The maximum atomic E-state index is 12.0. The zero-order chi connectivity index (χ0) is 19.8. The molecule has 2 bridgehead atoms. The maximum Gasteiger partial charge on any atom is 0.222 e. The van der Waals surface area contributed by atoms with Gasteiger partial charge in [-0.25, -0.2) is 4.99 Å². The molecule has 6 heteroatoms. The summed E-state index contributed by atoms with van der Waals surface area (Å²) in [6, 6.07) is 8.42. The van der Waals surface area contributed by atoms with E-state index in [1.807, 2.05) is 4.90 Å². The molecule has 4 aliphatic rings. The largest absolute Gasteiger partial charge is 0.374 e. The van der Waals surface area contributed by atoms with Crippen LogP contribution >= 0.6 is 0 Å². The van der Waals surface area contributed by atoms with Crippen molar-refractivity contribution in [1.82, 2.24) is 15.1 Å². The van der Waals surface area contributed by atoms with Crippen LogP contribution in [0.4, 0.5) is 0 Å². The minimum absolute atomic E-state index is 0.275. The number of ether oxygens (including phenoxy) is 1. The Kier molecular flexibility index (Phi) is 5.20. The highest BCUT2D eigenvalue weighted by molar-refractivity contribution is 5.80. The SMILES string of the molecule is CCNC(=NCc1ccccc1CN1CCCC1=O)N1CC2C3CCC(O3)C2C1. The van der Waals surface area contributed by atoms with Gasteiger partial charge in [0.2, 0.25) is 5.91 Å². The summed E-state index contributed by atoms with van der Waals surface area (Å²) in [5.41, 5.74) is 2.43. The first-order valence-electron chi connectivity index (χ1n) is 11.3. The van der Waals surface area contributed by atoms with Gasteiger partial charge in [0.05, 0.1) is 18.8 Å². The lowest BCUT2D eigenvalue weighted by molar-refractivity contribution is -0.128. The molecule has 0 radical (unpaired) electrons. The average Bonchev–Trinajstić information content (AvgIpc) is 3.49. The van der Waals surface area contributed by atoms with Crippen molar-refractivity contribution in [2.24, 2.45) is 16.8 Å². The first-order valence-corrected chi connectivity index (χ1v) is 11.3. The highest BCUT2D eigenvalue weighted by Gasteiger charge is 2.53. The van der Waals surface area contributed by atoms with Crippen LogP contribution in [0.15, 0.2) is 29.3 Å². The number of hydrogen-bond acceptors (Lipinski definition) is 3. The number of guanidine groups is 1. The van der Waals surface area contributed by atoms with Gasteiger partial charge in [-0.2, -0.15) is 0 Å². The standard InChI is InChI=1S/C23H32N4O2/c1-2-24-23(27-14-18-19(15-27)21-10-9-20(18)29-21)25-12-16-6-3-4-7-17(16)13-26-11-5-8-22(26)28/h3-4,6-7,18-21H,2,5,8-15H2,1H3,(H,24,25). The van der Waals surface area contributed by atoms with E-state index < -0.39 is 0 Å². The topological polar surface area (TPSA) is 57.2 Å². The molecule has 4 aliphatic heterocycles. The van der Waals surface area contributed by atoms with Gasteiger partial charge in [-0.05, 0) is 37.3 Å². The van der Waals surface area contributed by atoms with Crippen LogP contribution in [0, 0.1) is 11.8 Å². The summed E-state index contributed by atoms with van der Waals surface area (Å²) in [6.45, 7) is 7.35. The van der Waals surface area contributed by atoms with Crippen molar-refractivity contribution in [3.63, 3.8) is 0 Å². The average molecular weight is 397 g/mol. The van der Waals surface area contributed by atoms with Gasteiger partial charge in [0, 0.05) is 51.0 Å². The van der Waals surface area contributed by atoms with Crippen LogP contribution in [-0.4, -0.2) is 60.1 Å². The fourth-order valence-electron chi connectivity index (χ4n) is 5.66. The first-order chi connectivity index (χ1) is 14.2. The Labute approximate surface area is 173 Å². The molecule has 0 spiro atoms. The molecule has 29 heavy (non-hydrogen) atoms. The van der Waals surface area contributed by atoms with E-state index in [4.69, 9.17) is 9.73 Å². The number of likely N-dealkylation sites (tertiary alicyclic amines) is 2. The maximum absolute atomic E-state index is 12.0. The Hall–Kier alpha value is -2.08. The quantitative estimate of drug-likeness (QED) is 0.613. The number of fused-ring (bicyclic) bond motifs is 5. The zero-order valence-electron chi connectivity index (χ0n) is 17.3. The summed E-state index contributed by atoms with van der Waals surface area (Å²) in [6.07, 6.45) is 5.07. The van der Waals surface area contributed by atoms with Crippen molar-refractivity contribution >= 4 is 11.9 Å². The fraction of sp³-hybridized carbons (Fsp3) is 0.652. The number of carbonyl (C=O) groups excluding carboxylic acids is 1. The van der Waals surface area contributed by atoms with Crippen molar-refractivity contribution in [3.8, 4) is 0 Å². The van der Waals surface area contributed by atoms with E-state index >= 15 is 0 Å². The molecule has 4 unspecified atom stereocenters. The molecule has 4 atom stereocenters. The molecule has 1 aromatic rings.